The molecule has 0 radical (unpaired) electrons. The van der Waals surface area contributed by atoms with Crippen LogP contribution in [0.4, 0.5) is 0 Å². The summed E-state index contributed by atoms with van der Waals surface area (Å²) >= 11 is 0. The third kappa shape index (κ3) is 43.9. The fourth-order valence-electron chi connectivity index (χ4n) is 10.9. The van der Waals surface area contributed by atoms with Gasteiger partial charge in [-0.1, -0.05) is 328 Å². The number of aliphatic hydroxyl groups is 5. The molecule has 1 amide bonds. The van der Waals surface area contributed by atoms with Crippen molar-refractivity contribution in [1.29, 1.82) is 0 Å². The van der Waals surface area contributed by atoms with Gasteiger partial charge < -0.3 is 40.3 Å². The van der Waals surface area contributed by atoms with Crippen LogP contribution in [0.1, 0.15) is 341 Å². The number of rotatable bonds is 58. The lowest BCUT2D eigenvalue weighted by atomic mass is 9.99. The molecule has 6 N–H and O–H groups in total. The minimum Gasteiger partial charge on any atom is -0.394 e. The van der Waals surface area contributed by atoms with E-state index < -0.39 is 49.5 Å². The van der Waals surface area contributed by atoms with E-state index in [-0.39, 0.29) is 12.5 Å². The number of ether oxygens (including phenoxy) is 2. The van der Waals surface area contributed by atoms with Crippen molar-refractivity contribution in [2.75, 3.05) is 13.2 Å². The monoisotopic (exact) mass is 1050 g/mol. The molecule has 1 heterocycles. The summed E-state index contributed by atoms with van der Waals surface area (Å²) in [7, 11) is 0. The van der Waals surface area contributed by atoms with Gasteiger partial charge in [-0.15, -0.1) is 0 Å². The van der Waals surface area contributed by atoms with Gasteiger partial charge in [0, 0.05) is 6.42 Å². The van der Waals surface area contributed by atoms with Gasteiger partial charge >= 0.3 is 0 Å². The zero-order valence-corrected chi connectivity index (χ0v) is 49.1. The first kappa shape index (κ1) is 70.9. The third-order valence-electron chi connectivity index (χ3n) is 16.1. The number of nitrogens with one attached hydrogen (secondary N) is 1. The Morgan fingerprint density at radius 3 is 1.05 bits per heavy atom. The van der Waals surface area contributed by atoms with Gasteiger partial charge in [0.05, 0.1) is 25.4 Å². The van der Waals surface area contributed by atoms with E-state index in [1.807, 2.05) is 6.08 Å². The number of hydrogen-bond donors (Lipinski definition) is 6. The molecule has 0 spiro atoms. The van der Waals surface area contributed by atoms with Crippen LogP contribution in [-0.4, -0.2) is 87.5 Å². The molecule has 1 aliphatic heterocycles. The Hall–Kier alpha value is -1.07. The summed E-state index contributed by atoms with van der Waals surface area (Å²) in [5.41, 5.74) is 0. The number of aliphatic hydroxyl groups excluding tert-OH is 5. The van der Waals surface area contributed by atoms with Crippen molar-refractivity contribution < 1.29 is 39.8 Å². The van der Waals surface area contributed by atoms with Crippen molar-refractivity contribution in [3.8, 4) is 0 Å². The van der Waals surface area contributed by atoms with Gasteiger partial charge in [0.1, 0.15) is 24.4 Å². The van der Waals surface area contributed by atoms with Gasteiger partial charge in [-0.2, -0.15) is 0 Å². The van der Waals surface area contributed by atoms with Crippen molar-refractivity contribution in [2.45, 2.75) is 384 Å². The largest absolute Gasteiger partial charge is 0.394 e. The molecular formula is C65H127NO8. The van der Waals surface area contributed by atoms with Gasteiger partial charge in [-0.25, -0.2) is 0 Å². The molecule has 0 aliphatic carbocycles. The van der Waals surface area contributed by atoms with Crippen molar-refractivity contribution in [3.05, 3.63) is 12.2 Å². The quantitative estimate of drug-likeness (QED) is 0.0261. The molecule has 0 aromatic heterocycles. The second kappa shape index (κ2) is 55.3. The molecule has 9 nitrogen and oxygen atoms in total. The van der Waals surface area contributed by atoms with Crippen LogP contribution in [0, 0.1) is 0 Å². The predicted octanol–water partition coefficient (Wildman–Crippen LogP) is 17.1. The maximum atomic E-state index is 13.1. The van der Waals surface area contributed by atoms with Crippen LogP contribution in [0.25, 0.3) is 0 Å². The molecule has 0 aromatic carbocycles. The summed E-state index contributed by atoms with van der Waals surface area (Å²) in [6, 6.07) is -0.801. The average Bonchev–Trinajstić information content (AvgIpc) is 3.40. The second-order valence-electron chi connectivity index (χ2n) is 23.3. The van der Waals surface area contributed by atoms with E-state index in [2.05, 4.69) is 19.2 Å². The molecule has 7 atom stereocenters. The summed E-state index contributed by atoms with van der Waals surface area (Å²) in [4.78, 5) is 13.1. The highest BCUT2D eigenvalue weighted by Gasteiger charge is 2.44. The fraction of sp³-hybridized carbons (Fsp3) is 0.954. The van der Waals surface area contributed by atoms with Crippen LogP contribution in [0.15, 0.2) is 12.2 Å². The molecule has 1 saturated heterocycles. The Balaban J connectivity index is 2.08. The lowest BCUT2D eigenvalue weighted by Crippen LogP contribution is -2.60. The van der Waals surface area contributed by atoms with E-state index in [0.29, 0.717) is 6.42 Å². The van der Waals surface area contributed by atoms with E-state index in [1.54, 1.807) is 6.08 Å². The van der Waals surface area contributed by atoms with Crippen LogP contribution in [-0.2, 0) is 14.3 Å². The maximum absolute atomic E-state index is 13.1. The first-order valence-electron chi connectivity index (χ1n) is 32.9. The summed E-state index contributed by atoms with van der Waals surface area (Å²) in [6.07, 6.45) is 63.2. The molecule has 74 heavy (non-hydrogen) atoms. The van der Waals surface area contributed by atoms with Gasteiger partial charge in [0.25, 0.3) is 0 Å². The van der Waals surface area contributed by atoms with Gasteiger partial charge in [0.15, 0.2) is 6.29 Å². The van der Waals surface area contributed by atoms with E-state index in [1.165, 1.54) is 283 Å². The van der Waals surface area contributed by atoms with Crippen molar-refractivity contribution in [3.63, 3.8) is 0 Å². The second-order valence-corrected chi connectivity index (χ2v) is 23.3. The highest BCUT2D eigenvalue weighted by molar-refractivity contribution is 5.76. The Morgan fingerprint density at radius 2 is 0.743 bits per heavy atom. The normalized spacial score (nSPS) is 18.9. The highest BCUT2D eigenvalue weighted by Crippen LogP contribution is 2.23. The van der Waals surface area contributed by atoms with Crippen molar-refractivity contribution in [1.82, 2.24) is 5.32 Å². The smallest absolute Gasteiger partial charge is 0.220 e. The molecule has 0 bridgehead atoms. The van der Waals surface area contributed by atoms with Crippen LogP contribution in [0.5, 0.6) is 0 Å². The molecule has 7 unspecified atom stereocenters. The van der Waals surface area contributed by atoms with E-state index in [9.17, 15) is 30.3 Å². The first-order valence-corrected chi connectivity index (χ1v) is 32.9. The topological polar surface area (TPSA) is 149 Å². The molecule has 9 heteroatoms. The number of hydrogen-bond acceptors (Lipinski definition) is 8. The van der Waals surface area contributed by atoms with Crippen LogP contribution >= 0.6 is 0 Å². The zero-order valence-electron chi connectivity index (χ0n) is 49.1. The van der Waals surface area contributed by atoms with Gasteiger partial charge in [-0.3, -0.25) is 4.79 Å². The Kier molecular flexibility index (Phi) is 53.0. The van der Waals surface area contributed by atoms with E-state index in [4.69, 9.17) is 9.47 Å². The van der Waals surface area contributed by atoms with Crippen molar-refractivity contribution in [2.24, 2.45) is 0 Å². The zero-order chi connectivity index (χ0) is 53.6. The first-order chi connectivity index (χ1) is 36.3. The molecule has 1 rings (SSSR count). The van der Waals surface area contributed by atoms with Crippen molar-refractivity contribution >= 4 is 5.91 Å². The Bertz CT molecular complexity index is 1170. The molecule has 1 fully saturated rings. The molecular weight excluding hydrogens is 923 g/mol. The number of amides is 1. The minimum atomic E-state index is -1.56. The summed E-state index contributed by atoms with van der Waals surface area (Å²) in [5.74, 6) is -0.168. The maximum Gasteiger partial charge on any atom is 0.220 e. The average molecular weight is 1050 g/mol. The molecule has 0 aromatic rings. The highest BCUT2D eigenvalue weighted by atomic mass is 16.7. The lowest BCUT2D eigenvalue weighted by Gasteiger charge is -2.40. The van der Waals surface area contributed by atoms with Crippen LogP contribution < -0.4 is 5.32 Å². The van der Waals surface area contributed by atoms with Gasteiger partial charge in [0.2, 0.25) is 5.91 Å². The minimum absolute atomic E-state index is 0.168. The Morgan fingerprint density at radius 1 is 0.446 bits per heavy atom. The molecule has 440 valence electrons. The summed E-state index contributed by atoms with van der Waals surface area (Å²) in [5, 5.41) is 54.6. The number of carbonyl (C=O) groups is 1. The lowest BCUT2D eigenvalue weighted by molar-refractivity contribution is -0.302. The summed E-state index contributed by atoms with van der Waals surface area (Å²) in [6.45, 7) is 3.83. The van der Waals surface area contributed by atoms with E-state index in [0.717, 1.165) is 38.5 Å². The number of allylic oxidation sites excluding steroid dienone is 1. The van der Waals surface area contributed by atoms with Gasteiger partial charge in [-0.05, 0) is 19.3 Å². The fourth-order valence-corrected chi connectivity index (χ4v) is 10.9. The standard InChI is InChI=1S/C65H127NO8/c1-3-5-7-9-11-13-15-17-19-21-22-23-24-25-26-27-28-29-30-31-32-33-34-35-36-37-39-41-43-45-47-49-51-53-55-61(69)66-58(57-73-65-64(72)63(71)62(70)60(56-67)74-65)59(68)54-52-50-48-46-44-42-40-38-20-18-16-14-12-10-8-6-4-2/h52,54,58-60,62-65,67-68,70-72H,3-51,53,55-57H2,1-2H3,(H,66,69)/b54-52+. The number of unbranched alkanes of at least 4 members (excludes halogenated alkanes) is 48. The predicted molar refractivity (Wildman–Crippen MR) is 314 cm³/mol. The molecule has 0 saturated carbocycles. The third-order valence-corrected chi connectivity index (χ3v) is 16.1. The number of carbonyl (C=O) groups excluding carboxylic acids is 1. The molecule has 1 aliphatic rings. The van der Waals surface area contributed by atoms with Crippen LogP contribution in [0.3, 0.4) is 0 Å². The Labute approximate surface area is 458 Å². The van der Waals surface area contributed by atoms with E-state index >= 15 is 0 Å². The SMILES string of the molecule is CCCCCCCCCCCCCCCCC/C=C/C(O)C(COC1OC(CO)C(O)C(O)C1O)NC(=O)CCCCCCCCCCCCCCCCCCCCCCCCCCCCCCCCCCCC. The summed E-state index contributed by atoms with van der Waals surface area (Å²) < 4.78 is 11.3. The van der Waals surface area contributed by atoms with Crippen LogP contribution in [0.2, 0.25) is 0 Å².